The fourth-order valence-corrected chi connectivity index (χ4v) is 4.53. The molecule has 13 heteroatoms. The molecule has 0 atom stereocenters. The second-order valence-electron chi connectivity index (χ2n) is 9.78. The average molecular weight is 559 g/mol. The zero-order valence-electron chi connectivity index (χ0n) is 20.8. The van der Waals surface area contributed by atoms with E-state index in [-0.39, 0.29) is 30.1 Å². The number of nitrogens with zero attached hydrogens (tertiary/aromatic N) is 2. The second-order valence-corrected chi connectivity index (χ2v) is 9.78. The summed E-state index contributed by atoms with van der Waals surface area (Å²) in [6.45, 7) is 1.35. The molecule has 0 bridgehead atoms. The zero-order valence-corrected chi connectivity index (χ0v) is 20.8. The lowest BCUT2D eigenvalue weighted by molar-refractivity contribution is -0.376. The van der Waals surface area contributed by atoms with E-state index in [0.717, 1.165) is 25.3 Å². The standard InChI is InChI=1S/C26H28F6N4O3/c27-25(28,29)24(39,26(30,31)32)19-4-1-3-17(15-19)16-35-11-13-36(14-12-35)22(37)18-7-9-21(10-8-18)34-23(38)33-20-5-2-6-20/h1,3-4,7-10,15,20,39H,2,5-6,11-14,16H2,(H2,33,34,38). The highest BCUT2D eigenvalue weighted by molar-refractivity contribution is 5.95. The maximum absolute atomic E-state index is 13.2. The molecule has 0 unspecified atom stereocenters. The van der Waals surface area contributed by atoms with Crippen LogP contribution in [-0.4, -0.2) is 71.4 Å². The molecule has 7 nitrogen and oxygen atoms in total. The van der Waals surface area contributed by atoms with Crippen LogP contribution in [0.25, 0.3) is 0 Å². The van der Waals surface area contributed by atoms with Gasteiger partial charge in [0.1, 0.15) is 0 Å². The number of rotatable bonds is 6. The first-order chi connectivity index (χ1) is 18.3. The quantitative estimate of drug-likeness (QED) is 0.452. The number of nitrogens with one attached hydrogen (secondary N) is 2. The van der Waals surface area contributed by atoms with Crippen LogP contribution in [0.5, 0.6) is 0 Å². The van der Waals surface area contributed by atoms with Gasteiger partial charge < -0.3 is 20.6 Å². The van der Waals surface area contributed by atoms with Crippen molar-refractivity contribution in [1.29, 1.82) is 0 Å². The maximum atomic E-state index is 13.2. The summed E-state index contributed by atoms with van der Waals surface area (Å²) in [7, 11) is 0. The van der Waals surface area contributed by atoms with Crippen LogP contribution < -0.4 is 10.6 Å². The number of alkyl halides is 6. The summed E-state index contributed by atoms with van der Waals surface area (Å²) in [5.74, 6) is -0.234. The summed E-state index contributed by atoms with van der Waals surface area (Å²) in [4.78, 5) is 28.3. The van der Waals surface area contributed by atoms with Crippen molar-refractivity contribution in [1.82, 2.24) is 15.1 Å². The van der Waals surface area contributed by atoms with Crippen LogP contribution in [0.15, 0.2) is 48.5 Å². The molecule has 0 aromatic heterocycles. The fraction of sp³-hybridized carbons (Fsp3) is 0.462. The lowest BCUT2D eigenvalue weighted by Gasteiger charge is -2.35. The number of carbonyl (C=O) groups is 2. The Morgan fingerprint density at radius 1 is 0.897 bits per heavy atom. The van der Waals surface area contributed by atoms with E-state index < -0.39 is 23.5 Å². The highest BCUT2D eigenvalue weighted by Crippen LogP contribution is 2.50. The smallest absolute Gasteiger partial charge is 0.369 e. The Morgan fingerprint density at radius 2 is 1.51 bits per heavy atom. The van der Waals surface area contributed by atoms with E-state index in [4.69, 9.17) is 0 Å². The lowest BCUT2D eigenvalue weighted by Crippen LogP contribution is -2.54. The minimum Gasteiger partial charge on any atom is -0.369 e. The molecule has 4 rings (SSSR count). The van der Waals surface area contributed by atoms with Gasteiger partial charge in [0.25, 0.3) is 11.5 Å². The van der Waals surface area contributed by atoms with Crippen molar-refractivity contribution in [3.8, 4) is 0 Å². The van der Waals surface area contributed by atoms with Crippen LogP contribution in [0.2, 0.25) is 0 Å². The Kier molecular flexibility index (Phi) is 8.12. The molecule has 1 aliphatic heterocycles. The number of carbonyl (C=O) groups excluding carboxylic acids is 2. The zero-order chi connectivity index (χ0) is 28.4. The normalized spacial score (nSPS) is 17.5. The third kappa shape index (κ3) is 6.30. The third-order valence-corrected chi connectivity index (χ3v) is 7.06. The van der Waals surface area contributed by atoms with Crippen molar-refractivity contribution < 1.29 is 41.0 Å². The van der Waals surface area contributed by atoms with E-state index in [1.807, 2.05) is 0 Å². The summed E-state index contributed by atoms with van der Waals surface area (Å²) in [5.41, 5.74) is -5.15. The van der Waals surface area contributed by atoms with E-state index in [9.17, 15) is 41.0 Å². The molecule has 2 aliphatic rings. The maximum Gasteiger partial charge on any atom is 0.430 e. The summed E-state index contributed by atoms with van der Waals surface area (Å²) in [5, 5.41) is 15.2. The van der Waals surface area contributed by atoms with Crippen LogP contribution >= 0.6 is 0 Å². The number of aliphatic hydroxyl groups is 1. The summed E-state index contributed by atoms with van der Waals surface area (Å²) >= 11 is 0. The number of hydrogen-bond acceptors (Lipinski definition) is 4. The van der Waals surface area contributed by atoms with Gasteiger partial charge in [0, 0.05) is 55.6 Å². The predicted molar refractivity (Wildman–Crippen MR) is 130 cm³/mol. The number of anilines is 1. The van der Waals surface area contributed by atoms with Crippen LogP contribution in [0.4, 0.5) is 36.8 Å². The van der Waals surface area contributed by atoms with Gasteiger partial charge in [0.15, 0.2) is 0 Å². The third-order valence-electron chi connectivity index (χ3n) is 7.06. The number of urea groups is 1. The van der Waals surface area contributed by atoms with Gasteiger partial charge in [0.05, 0.1) is 0 Å². The molecule has 2 aromatic carbocycles. The minimum absolute atomic E-state index is 0.0466. The minimum atomic E-state index is -5.95. The molecule has 1 heterocycles. The molecule has 1 saturated heterocycles. The Hall–Kier alpha value is -3.32. The van der Waals surface area contributed by atoms with Crippen molar-refractivity contribution in [2.24, 2.45) is 0 Å². The number of benzene rings is 2. The Morgan fingerprint density at radius 3 is 2.05 bits per heavy atom. The number of halogens is 6. The lowest BCUT2D eigenvalue weighted by atomic mass is 9.91. The van der Waals surface area contributed by atoms with Crippen LogP contribution in [0.3, 0.4) is 0 Å². The molecule has 1 saturated carbocycles. The van der Waals surface area contributed by atoms with Crippen molar-refractivity contribution in [2.75, 3.05) is 31.5 Å². The largest absolute Gasteiger partial charge is 0.430 e. The highest BCUT2D eigenvalue weighted by atomic mass is 19.4. The van der Waals surface area contributed by atoms with E-state index in [0.29, 0.717) is 49.6 Å². The van der Waals surface area contributed by atoms with Crippen molar-refractivity contribution >= 4 is 17.6 Å². The van der Waals surface area contributed by atoms with Gasteiger partial charge in [-0.25, -0.2) is 4.79 Å². The SMILES string of the molecule is O=C(Nc1ccc(C(=O)N2CCN(Cc3cccc(C(O)(C(F)(F)F)C(F)(F)F)c3)CC2)cc1)NC1CCC1. The van der Waals surface area contributed by atoms with Crippen LogP contribution in [-0.2, 0) is 12.1 Å². The van der Waals surface area contributed by atoms with Crippen molar-refractivity contribution in [3.05, 3.63) is 65.2 Å². The molecule has 3 amide bonds. The first-order valence-electron chi connectivity index (χ1n) is 12.4. The summed E-state index contributed by atoms with van der Waals surface area (Å²) in [6, 6.07) is 10.1. The average Bonchev–Trinajstić information content (AvgIpc) is 2.85. The number of hydrogen-bond donors (Lipinski definition) is 3. The van der Waals surface area contributed by atoms with Crippen LogP contribution in [0, 0.1) is 0 Å². The van der Waals surface area contributed by atoms with E-state index in [2.05, 4.69) is 10.6 Å². The molecule has 0 radical (unpaired) electrons. The molecular formula is C26H28F6N4O3. The summed E-state index contributed by atoms with van der Waals surface area (Å²) in [6.07, 6.45) is -8.89. The van der Waals surface area contributed by atoms with Gasteiger partial charge in [-0.1, -0.05) is 24.3 Å². The Bertz CT molecular complexity index is 1160. The summed E-state index contributed by atoms with van der Waals surface area (Å²) < 4.78 is 79.4. The monoisotopic (exact) mass is 558 g/mol. The first-order valence-corrected chi connectivity index (χ1v) is 12.4. The molecule has 2 aromatic rings. The molecule has 212 valence electrons. The van der Waals surface area contributed by atoms with Gasteiger partial charge in [-0.15, -0.1) is 0 Å². The molecule has 2 fully saturated rings. The molecule has 1 aliphatic carbocycles. The number of piperazine rings is 1. The topological polar surface area (TPSA) is 84.9 Å². The Labute approximate surface area is 220 Å². The molecule has 0 spiro atoms. The second kappa shape index (κ2) is 11.0. The van der Waals surface area contributed by atoms with Gasteiger partial charge in [-0.3, -0.25) is 9.69 Å². The molecule has 39 heavy (non-hydrogen) atoms. The van der Waals surface area contributed by atoms with Crippen molar-refractivity contribution in [3.63, 3.8) is 0 Å². The first kappa shape index (κ1) is 28.7. The van der Waals surface area contributed by atoms with E-state index in [1.54, 1.807) is 34.1 Å². The predicted octanol–water partition coefficient (Wildman–Crippen LogP) is 4.63. The van der Waals surface area contributed by atoms with Crippen LogP contribution in [0.1, 0.15) is 40.7 Å². The van der Waals surface area contributed by atoms with Gasteiger partial charge in [0.2, 0.25) is 0 Å². The molecular weight excluding hydrogens is 530 g/mol. The van der Waals surface area contributed by atoms with E-state index >= 15 is 0 Å². The Balaban J connectivity index is 1.32. The fourth-order valence-electron chi connectivity index (χ4n) is 4.53. The molecule has 3 N–H and O–H groups in total. The van der Waals surface area contributed by atoms with E-state index in [1.165, 1.54) is 6.07 Å². The van der Waals surface area contributed by atoms with Crippen molar-refractivity contribution in [2.45, 2.75) is 49.8 Å². The highest BCUT2D eigenvalue weighted by Gasteiger charge is 2.71. The van der Waals surface area contributed by atoms with Gasteiger partial charge in [-0.2, -0.15) is 26.3 Å². The van der Waals surface area contributed by atoms with Gasteiger partial charge >= 0.3 is 18.4 Å². The van der Waals surface area contributed by atoms with Gasteiger partial charge in [-0.05, 0) is 49.1 Å². The number of amides is 3.